The molecule has 2 aliphatic rings. The fourth-order valence-corrected chi connectivity index (χ4v) is 2.78. The van der Waals surface area contributed by atoms with Gasteiger partial charge < -0.3 is 15.2 Å². The lowest BCUT2D eigenvalue weighted by molar-refractivity contribution is -0.142. The summed E-state index contributed by atoms with van der Waals surface area (Å²) in [5, 5.41) is 11.4. The van der Waals surface area contributed by atoms with Crippen LogP contribution in [0.1, 0.15) is 12.5 Å². The minimum absolute atomic E-state index is 0.280. The molecule has 2 heterocycles. The van der Waals surface area contributed by atoms with E-state index in [9.17, 15) is 19.2 Å². The van der Waals surface area contributed by atoms with Gasteiger partial charge in [0.2, 0.25) is 0 Å². The quantitative estimate of drug-likeness (QED) is 0.775. The molecule has 1 aromatic rings. The summed E-state index contributed by atoms with van der Waals surface area (Å²) < 4.78 is 4.89. The third kappa shape index (κ3) is 2.43. The first-order valence-electron chi connectivity index (χ1n) is 7.23. The van der Waals surface area contributed by atoms with Crippen molar-refractivity contribution >= 4 is 29.7 Å². The molecule has 9 nitrogen and oxygen atoms in total. The number of hydrogen-bond acceptors (Lipinski definition) is 5. The molecule has 1 unspecified atom stereocenters. The number of nitrogens with zero attached hydrogens (tertiary/aromatic N) is 2. The molecule has 2 aliphatic heterocycles. The highest BCUT2D eigenvalue weighted by atomic mass is 16.6. The Morgan fingerprint density at radius 1 is 1.38 bits per heavy atom. The van der Waals surface area contributed by atoms with Crippen LogP contribution in [0.2, 0.25) is 0 Å². The summed E-state index contributed by atoms with van der Waals surface area (Å²) in [5.74, 6) is -1.94. The molecule has 0 spiro atoms. The largest absolute Gasteiger partial charge is 0.480 e. The third-order valence-electron chi connectivity index (χ3n) is 4.06. The maximum atomic E-state index is 12.5. The summed E-state index contributed by atoms with van der Waals surface area (Å²) in [6, 6.07) is 5.81. The number of nitrogens with one attached hydrogen (secondary N) is 1. The number of ether oxygens (including phenoxy) is 1. The number of carboxylic acids is 1. The predicted octanol–water partition coefficient (Wildman–Crippen LogP) is 0.495. The Hall–Kier alpha value is -3.10. The third-order valence-corrected chi connectivity index (χ3v) is 4.06. The Morgan fingerprint density at radius 2 is 2.12 bits per heavy atom. The molecule has 0 radical (unpaired) electrons. The number of benzene rings is 1. The molecule has 2 saturated heterocycles. The molecule has 0 aliphatic carbocycles. The minimum atomic E-state index is -1.40. The van der Waals surface area contributed by atoms with Crippen LogP contribution in [0.25, 0.3) is 0 Å². The van der Waals surface area contributed by atoms with E-state index < -0.39 is 36.1 Å². The molecule has 1 atom stereocenters. The number of hydrogen-bond donors (Lipinski definition) is 2. The average Bonchev–Trinajstić information content (AvgIpc) is 3.05. The molecule has 1 aromatic carbocycles. The number of carbonyl (C=O) groups is 4. The summed E-state index contributed by atoms with van der Waals surface area (Å²) in [4.78, 5) is 49.1. The summed E-state index contributed by atoms with van der Waals surface area (Å²) in [7, 11) is 0. The highest BCUT2D eigenvalue weighted by Gasteiger charge is 2.49. The van der Waals surface area contributed by atoms with Crippen LogP contribution < -0.4 is 10.2 Å². The van der Waals surface area contributed by atoms with Gasteiger partial charge in [0.1, 0.15) is 18.7 Å². The van der Waals surface area contributed by atoms with Crippen molar-refractivity contribution in [2.75, 3.05) is 24.6 Å². The van der Waals surface area contributed by atoms with Crippen LogP contribution >= 0.6 is 0 Å². The summed E-state index contributed by atoms with van der Waals surface area (Å²) >= 11 is 0. The van der Waals surface area contributed by atoms with Crippen molar-refractivity contribution in [2.24, 2.45) is 0 Å². The number of rotatable bonds is 4. The predicted molar refractivity (Wildman–Crippen MR) is 80.4 cm³/mol. The van der Waals surface area contributed by atoms with Crippen molar-refractivity contribution in [3.63, 3.8) is 0 Å². The van der Waals surface area contributed by atoms with Crippen molar-refractivity contribution in [1.29, 1.82) is 0 Å². The second-order valence-electron chi connectivity index (χ2n) is 5.66. The van der Waals surface area contributed by atoms with Crippen LogP contribution in [0, 0.1) is 0 Å². The van der Waals surface area contributed by atoms with Crippen molar-refractivity contribution < 1.29 is 29.0 Å². The average molecular weight is 333 g/mol. The van der Waals surface area contributed by atoms with Crippen molar-refractivity contribution in [3.8, 4) is 0 Å². The topological polar surface area (TPSA) is 116 Å². The number of anilines is 1. The van der Waals surface area contributed by atoms with Gasteiger partial charge in [-0.3, -0.25) is 19.4 Å². The fourth-order valence-electron chi connectivity index (χ4n) is 2.78. The summed E-state index contributed by atoms with van der Waals surface area (Å²) in [6.45, 7) is 1.46. The van der Waals surface area contributed by atoms with Crippen LogP contribution in [0.3, 0.4) is 0 Å². The highest BCUT2D eigenvalue weighted by molar-refractivity contribution is 6.08. The van der Waals surface area contributed by atoms with Gasteiger partial charge in [-0.25, -0.2) is 9.59 Å². The van der Waals surface area contributed by atoms with E-state index in [0.717, 1.165) is 0 Å². The van der Waals surface area contributed by atoms with E-state index in [2.05, 4.69) is 5.32 Å². The molecule has 126 valence electrons. The van der Waals surface area contributed by atoms with Gasteiger partial charge in [0.25, 0.3) is 5.91 Å². The Balaban J connectivity index is 1.93. The van der Waals surface area contributed by atoms with E-state index in [1.807, 2.05) is 0 Å². The molecular formula is C15H15N3O6. The van der Waals surface area contributed by atoms with Gasteiger partial charge in [-0.2, -0.15) is 0 Å². The Bertz CT molecular complexity index is 748. The van der Waals surface area contributed by atoms with Gasteiger partial charge in [-0.1, -0.05) is 12.1 Å². The zero-order valence-corrected chi connectivity index (χ0v) is 12.8. The number of carboxylic acid groups (broad SMARTS) is 1. The molecule has 4 amide bonds. The number of urea groups is 1. The summed E-state index contributed by atoms with van der Waals surface area (Å²) in [6.07, 6.45) is -0.480. The van der Waals surface area contributed by atoms with Gasteiger partial charge in [0.05, 0.1) is 6.54 Å². The minimum Gasteiger partial charge on any atom is -0.480 e. The van der Waals surface area contributed by atoms with E-state index in [-0.39, 0.29) is 6.61 Å². The molecule has 24 heavy (non-hydrogen) atoms. The number of carbonyl (C=O) groups excluding carboxylic acids is 3. The van der Waals surface area contributed by atoms with Crippen LogP contribution in [0.5, 0.6) is 0 Å². The summed E-state index contributed by atoms with van der Waals surface area (Å²) in [5.41, 5.74) is -0.410. The number of imide groups is 1. The Kier molecular flexibility index (Phi) is 3.63. The SMILES string of the molecule is CC1(c2cccc(N3CCOC3=O)c2)NC(=O)N(CC(=O)O)C1=O. The van der Waals surface area contributed by atoms with Gasteiger partial charge in [-0.05, 0) is 24.6 Å². The highest BCUT2D eigenvalue weighted by Crippen LogP contribution is 2.31. The Morgan fingerprint density at radius 3 is 2.75 bits per heavy atom. The lowest BCUT2D eigenvalue weighted by Gasteiger charge is -2.23. The van der Waals surface area contributed by atoms with Crippen LogP contribution in [0.4, 0.5) is 15.3 Å². The monoisotopic (exact) mass is 333 g/mol. The molecule has 0 aromatic heterocycles. The lowest BCUT2D eigenvalue weighted by atomic mass is 9.91. The van der Waals surface area contributed by atoms with Gasteiger partial charge in [-0.15, -0.1) is 0 Å². The van der Waals surface area contributed by atoms with Crippen LogP contribution in [0.15, 0.2) is 24.3 Å². The second kappa shape index (κ2) is 5.52. The van der Waals surface area contributed by atoms with E-state index in [4.69, 9.17) is 9.84 Å². The smallest absolute Gasteiger partial charge is 0.414 e. The first-order chi connectivity index (χ1) is 11.3. The first-order valence-corrected chi connectivity index (χ1v) is 7.23. The normalized spacial score (nSPS) is 23.5. The van der Waals surface area contributed by atoms with Crippen molar-refractivity contribution in [3.05, 3.63) is 29.8 Å². The molecule has 3 rings (SSSR count). The lowest BCUT2D eigenvalue weighted by Crippen LogP contribution is -2.41. The maximum Gasteiger partial charge on any atom is 0.414 e. The van der Waals surface area contributed by atoms with Crippen LogP contribution in [-0.2, 0) is 19.9 Å². The second-order valence-corrected chi connectivity index (χ2v) is 5.66. The maximum absolute atomic E-state index is 12.5. The number of amides is 4. The van der Waals surface area contributed by atoms with E-state index in [1.54, 1.807) is 24.3 Å². The van der Waals surface area contributed by atoms with E-state index in [1.165, 1.54) is 11.8 Å². The zero-order chi connectivity index (χ0) is 17.5. The first kappa shape index (κ1) is 15.8. The van der Waals surface area contributed by atoms with Crippen LogP contribution in [-0.4, -0.2) is 53.7 Å². The number of cyclic esters (lactones) is 1. The zero-order valence-electron chi connectivity index (χ0n) is 12.8. The standard InChI is InChI=1S/C15H15N3O6/c1-15(12(21)18(8-11(19)20)13(22)16-15)9-3-2-4-10(7-9)17-5-6-24-14(17)23/h2-4,7H,5-6,8H2,1H3,(H,16,22)(H,19,20). The molecule has 9 heteroatoms. The van der Waals surface area contributed by atoms with Gasteiger partial charge >= 0.3 is 18.1 Å². The van der Waals surface area contributed by atoms with Gasteiger partial charge in [0.15, 0.2) is 0 Å². The van der Waals surface area contributed by atoms with E-state index in [0.29, 0.717) is 22.7 Å². The van der Waals surface area contributed by atoms with E-state index >= 15 is 0 Å². The van der Waals surface area contributed by atoms with Crippen molar-refractivity contribution in [2.45, 2.75) is 12.5 Å². The molecule has 2 N–H and O–H groups in total. The molecular weight excluding hydrogens is 318 g/mol. The van der Waals surface area contributed by atoms with Gasteiger partial charge in [0, 0.05) is 5.69 Å². The molecule has 2 fully saturated rings. The number of aliphatic carboxylic acids is 1. The molecule has 0 saturated carbocycles. The van der Waals surface area contributed by atoms with Crippen molar-refractivity contribution in [1.82, 2.24) is 10.2 Å². The molecule has 0 bridgehead atoms. The fraction of sp³-hybridized carbons (Fsp3) is 0.333. The Labute approximate surface area is 136 Å².